The molecular formula is C13H18N2O2. The van der Waals surface area contributed by atoms with Crippen molar-refractivity contribution in [1.29, 1.82) is 0 Å². The molecule has 2 unspecified atom stereocenters. The quantitative estimate of drug-likeness (QED) is 0.835. The van der Waals surface area contributed by atoms with Crippen LogP contribution in [0.1, 0.15) is 24.8 Å². The Morgan fingerprint density at radius 3 is 3.06 bits per heavy atom. The average molecular weight is 234 g/mol. The van der Waals surface area contributed by atoms with Crippen molar-refractivity contribution in [2.75, 3.05) is 13.7 Å². The number of benzene rings is 1. The lowest BCUT2D eigenvalue weighted by Gasteiger charge is -2.06. The molecule has 0 radical (unpaired) electrons. The Bertz CT molecular complexity index is 406. The van der Waals surface area contributed by atoms with Crippen molar-refractivity contribution in [3.63, 3.8) is 0 Å². The van der Waals surface area contributed by atoms with E-state index in [1.165, 1.54) is 5.56 Å². The summed E-state index contributed by atoms with van der Waals surface area (Å²) in [5.74, 6) is 1.29. The summed E-state index contributed by atoms with van der Waals surface area (Å²) < 4.78 is 5.19. The molecule has 1 aromatic rings. The molecule has 1 aromatic carbocycles. The second kappa shape index (κ2) is 5.08. The molecule has 1 aliphatic rings. The largest absolute Gasteiger partial charge is 0.497 e. The molecule has 1 fully saturated rings. The molecule has 4 heteroatoms. The molecule has 0 aliphatic heterocycles. The zero-order valence-electron chi connectivity index (χ0n) is 10.2. The number of carbonyl (C=O) groups is 1. The second-order valence-corrected chi connectivity index (χ2v) is 4.23. The Labute approximate surface area is 101 Å². The van der Waals surface area contributed by atoms with E-state index in [4.69, 9.17) is 4.74 Å². The topological polar surface area (TPSA) is 50.4 Å². The van der Waals surface area contributed by atoms with Gasteiger partial charge >= 0.3 is 6.03 Å². The number of nitrogens with one attached hydrogen (secondary N) is 2. The number of rotatable bonds is 4. The molecule has 92 valence electrons. The third kappa shape index (κ3) is 2.90. The van der Waals surface area contributed by atoms with Gasteiger partial charge in [0.2, 0.25) is 0 Å². The monoisotopic (exact) mass is 234 g/mol. The highest BCUT2D eigenvalue weighted by molar-refractivity contribution is 5.74. The first-order valence-electron chi connectivity index (χ1n) is 5.93. The standard InChI is InChI=1S/C13H18N2O2/c1-3-14-13(16)15-12-8-11(12)9-5-4-6-10(7-9)17-2/h4-7,11-12H,3,8H2,1-2H3,(H2,14,15,16). The highest BCUT2D eigenvalue weighted by atomic mass is 16.5. The maximum Gasteiger partial charge on any atom is 0.315 e. The fourth-order valence-corrected chi connectivity index (χ4v) is 1.98. The third-order valence-electron chi connectivity index (χ3n) is 2.97. The number of urea groups is 1. The summed E-state index contributed by atoms with van der Waals surface area (Å²) >= 11 is 0. The van der Waals surface area contributed by atoms with Gasteiger partial charge in [0.05, 0.1) is 7.11 Å². The van der Waals surface area contributed by atoms with Gasteiger partial charge in [-0.15, -0.1) is 0 Å². The van der Waals surface area contributed by atoms with Crippen molar-refractivity contribution in [3.05, 3.63) is 29.8 Å². The summed E-state index contributed by atoms with van der Waals surface area (Å²) in [5, 5.41) is 5.69. The van der Waals surface area contributed by atoms with Crippen LogP contribution in [0.2, 0.25) is 0 Å². The Morgan fingerprint density at radius 2 is 2.35 bits per heavy atom. The van der Waals surface area contributed by atoms with Crippen molar-refractivity contribution < 1.29 is 9.53 Å². The number of hydrogen-bond acceptors (Lipinski definition) is 2. The van der Waals surface area contributed by atoms with E-state index in [1.807, 2.05) is 25.1 Å². The average Bonchev–Trinajstić information content (AvgIpc) is 3.09. The summed E-state index contributed by atoms with van der Waals surface area (Å²) in [4.78, 5) is 11.3. The van der Waals surface area contributed by atoms with Crippen LogP contribution in [-0.2, 0) is 0 Å². The smallest absolute Gasteiger partial charge is 0.315 e. The number of ether oxygens (including phenoxy) is 1. The van der Waals surface area contributed by atoms with Crippen LogP contribution in [0.5, 0.6) is 5.75 Å². The van der Waals surface area contributed by atoms with Crippen molar-refractivity contribution >= 4 is 6.03 Å². The summed E-state index contributed by atoms with van der Waals surface area (Å²) in [5.41, 5.74) is 1.23. The van der Waals surface area contributed by atoms with E-state index < -0.39 is 0 Å². The Balaban J connectivity index is 1.91. The first-order chi connectivity index (χ1) is 8.24. The summed E-state index contributed by atoms with van der Waals surface area (Å²) in [6.07, 6.45) is 1.00. The first kappa shape index (κ1) is 11.8. The number of methoxy groups -OCH3 is 1. The highest BCUT2D eigenvalue weighted by Crippen LogP contribution is 2.41. The Kier molecular flexibility index (Phi) is 3.52. The van der Waals surface area contributed by atoms with Gasteiger partial charge in [-0.2, -0.15) is 0 Å². The minimum absolute atomic E-state index is 0.0807. The molecule has 1 saturated carbocycles. The molecule has 2 N–H and O–H groups in total. The molecule has 0 aromatic heterocycles. The molecular weight excluding hydrogens is 216 g/mol. The molecule has 17 heavy (non-hydrogen) atoms. The van der Waals surface area contributed by atoms with Crippen LogP contribution in [-0.4, -0.2) is 25.7 Å². The van der Waals surface area contributed by atoms with Crippen molar-refractivity contribution in [1.82, 2.24) is 10.6 Å². The SMILES string of the molecule is CCNC(=O)NC1CC1c1cccc(OC)c1. The number of carbonyl (C=O) groups excluding carboxylic acids is 1. The maximum absolute atomic E-state index is 11.3. The van der Waals surface area contributed by atoms with Crippen LogP contribution < -0.4 is 15.4 Å². The molecule has 0 heterocycles. The predicted octanol–water partition coefficient (Wildman–Crippen LogP) is 1.87. The summed E-state index contributed by atoms with van der Waals surface area (Å²) in [6.45, 7) is 2.56. The third-order valence-corrected chi connectivity index (χ3v) is 2.97. The van der Waals surface area contributed by atoms with Crippen LogP contribution in [0.25, 0.3) is 0 Å². The molecule has 4 nitrogen and oxygen atoms in total. The van der Waals surface area contributed by atoms with Gasteiger partial charge in [-0.1, -0.05) is 12.1 Å². The van der Waals surface area contributed by atoms with Crippen molar-refractivity contribution in [2.45, 2.75) is 25.3 Å². The number of hydrogen-bond donors (Lipinski definition) is 2. The van der Waals surface area contributed by atoms with E-state index in [-0.39, 0.29) is 12.1 Å². The Morgan fingerprint density at radius 1 is 1.53 bits per heavy atom. The minimum atomic E-state index is -0.0807. The van der Waals surface area contributed by atoms with Crippen molar-refractivity contribution in [2.24, 2.45) is 0 Å². The molecule has 0 spiro atoms. The van der Waals surface area contributed by atoms with Gasteiger partial charge in [-0.25, -0.2) is 4.79 Å². The highest BCUT2D eigenvalue weighted by Gasteiger charge is 2.39. The molecule has 2 rings (SSSR count). The Hall–Kier alpha value is -1.71. The maximum atomic E-state index is 11.3. The molecule has 1 aliphatic carbocycles. The fourth-order valence-electron chi connectivity index (χ4n) is 1.98. The second-order valence-electron chi connectivity index (χ2n) is 4.23. The van der Waals surface area contributed by atoms with Gasteiger partial charge in [-0.3, -0.25) is 0 Å². The summed E-state index contributed by atoms with van der Waals surface area (Å²) in [7, 11) is 1.66. The molecule has 0 saturated heterocycles. The van der Waals surface area contributed by atoms with E-state index in [1.54, 1.807) is 7.11 Å². The van der Waals surface area contributed by atoms with Crippen LogP contribution in [0.15, 0.2) is 24.3 Å². The van der Waals surface area contributed by atoms with Crippen LogP contribution >= 0.6 is 0 Å². The van der Waals surface area contributed by atoms with Crippen LogP contribution in [0, 0.1) is 0 Å². The minimum Gasteiger partial charge on any atom is -0.497 e. The molecule has 0 bridgehead atoms. The van der Waals surface area contributed by atoms with E-state index in [2.05, 4.69) is 16.7 Å². The number of amides is 2. The van der Waals surface area contributed by atoms with E-state index in [0.29, 0.717) is 12.5 Å². The van der Waals surface area contributed by atoms with Crippen LogP contribution in [0.3, 0.4) is 0 Å². The lowest BCUT2D eigenvalue weighted by molar-refractivity contribution is 0.241. The van der Waals surface area contributed by atoms with Crippen molar-refractivity contribution in [3.8, 4) is 5.75 Å². The van der Waals surface area contributed by atoms with Gasteiger partial charge < -0.3 is 15.4 Å². The van der Waals surface area contributed by atoms with Crippen LogP contribution in [0.4, 0.5) is 4.79 Å². The van der Waals surface area contributed by atoms with Gasteiger partial charge in [0.1, 0.15) is 5.75 Å². The summed E-state index contributed by atoms with van der Waals surface area (Å²) in [6, 6.07) is 8.20. The lowest BCUT2D eigenvalue weighted by Crippen LogP contribution is -2.37. The van der Waals surface area contributed by atoms with Gasteiger partial charge in [0.15, 0.2) is 0 Å². The van der Waals surface area contributed by atoms with E-state index in [0.717, 1.165) is 12.2 Å². The zero-order valence-corrected chi connectivity index (χ0v) is 10.2. The van der Waals surface area contributed by atoms with Gasteiger partial charge in [0, 0.05) is 18.5 Å². The first-order valence-corrected chi connectivity index (χ1v) is 5.93. The molecule has 2 atom stereocenters. The predicted molar refractivity (Wildman–Crippen MR) is 66.3 cm³/mol. The fraction of sp³-hybridized carbons (Fsp3) is 0.462. The van der Waals surface area contributed by atoms with E-state index >= 15 is 0 Å². The zero-order chi connectivity index (χ0) is 12.3. The lowest BCUT2D eigenvalue weighted by atomic mass is 10.1. The van der Waals surface area contributed by atoms with Gasteiger partial charge in [0.25, 0.3) is 0 Å². The van der Waals surface area contributed by atoms with E-state index in [9.17, 15) is 4.79 Å². The van der Waals surface area contributed by atoms with Gasteiger partial charge in [-0.05, 0) is 31.0 Å². The normalized spacial score (nSPS) is 21.8. The molecule has 2 amide bonds.